The van der Waals surface area contributed by atoms with E-state index in [0.29, 0.717) is 13.1 Å². The van der Waals surface area contributed by atoms with Crippen molar-refractivity contribution in [3.63, 3.8) is 0 Å². The van der Waals surface area contributed by atoms with E-state index in [9.17, 15) is 9.00 Å². The molecule has 0 radical (unpaired) electrons. The first kappa shape index (κ1) is 13.8. The molecule has 2 N–H and O–H groups in total. The lowest BCUT2D eigenvalue weighted by Crippen LogP contribution is -2.21. The van der Waals surface area contributed by atoms with Gasteiger partial charge in [-0.25, -0.2) is 8.93 Å². The maximum atomic E-state index is 10.8. The predicted molar refractivity (Wildman–Crippen MR) is 67.9 cm³/mol. The van der Waals surface area contributed by atoms with E-state index in [0.717, 1.165) is 23.2 Å². The molecule has 1 aromatic carbocycles. The summed E-state index contributed by atoms with van der Waals surface area (Å²) in [5.41, 5.74) is 2.72. The van der Waals surface area contributed by atoms with Gasteiger partial charge in [-0.1, -0.05) is 12.1 Å². The van der Waals surface area contributed by atoms with Crippen molar-refractivity contribution in [3.05, 3.63) is 29.3 Å². The molecule has 0 aromatic heterocycles. The van der Waals surface area contributed by atoms with E-state index in [2.05, 4.69) is 4.72 Å². The molecule has 17 heavy (non-hydrogen) atoms. The molecule has 0 aliphatic heterocycles. The number of carbonyl (C=O) groups is 1. The van der Waals surface area contributed by atoms with Gasteiger partial charge in [0, 0.05) is 18.8 Å². The van der Waals surface area contributed by atoms with Gasteiger partial charge in [-0.15, -0.1) is 0 Å². The van der Waals surface area contributed by atoms with Crippen LogP contribution in [0.3, 0.4) is 0 Å². The average molecular weight is 256 g/mol. The molecule has 0 fully saturated rings. The van der Waals surface area contributed by atoms with Crippen LogP contribution in [0.1, 0.15) is 18.1 Å². The summed E-state index contributed by atoms with van der Waals surface area (Å²) in [5.74, 6) is 0. The van der Waals surface area contributed by atoms with Crippen LogP contribution in [0.25, 0.3) is 0 Å². The highest BCUT2D eigenvalue weighted by molar-refractivity contribution is 7.77. The topological polar surface area (TPSA) is 69.6 Å². The lowest BCUT2D eigenvalue weighted by molar-refractivity contribution is -0.107. The summed E-state index contributed by atoms with van der Waals surface area (Å²) in [7, 11) is 0. The Hall–Kier alpha value is -1.24. The van der Waals surface area contributed by atoms with Gasteiger partial charge >= 0.3 is 0 Å². The van der Waals surface area contributed by atoms with Gasteiger partial charge in [0.25, 0.3) is 0 Å². The highest BCUT2D eigenvalue weighted by atomic mass is 32.2. The van der Waals surface area contributed by atoms with Crippen molar-refractivity contribution < 1.29 is 13.6 Å². The van der Waals surface area contributed by atoms with Gasteiger partial charge < -0.3 is 4.90 Å². The molecular weight excluding hydrogens is 240 g/mol. The molecule has 1 unspecified atom stereocenters. The number of amides is 1. The molecule has 0 saturated carbocycles. The van der Waals surface area contributed by atoms with Crippen molar-refractivity contribution in [2.45, 2.75) is 20.4 Å². The van der Waals surface area contributed by atoms with E-state index >= 15 is 0 Å². The Morgan fingerprint density at radius 3 is 2.71 bits per heavy atom. The fraction of sp³-hybridized carbons (Fsp3) is 0.364. The SMILES string of the molecule is CCN(C=O)c1ccc(CNS(=O)O)cc1C. The third-order valence-electron chi connectivity index (χ3n) is 2.44. The van der Waals surface area contributed by atoms with Crippen LogP contribution in [0, 0.1) is 6.92 Å². The van der Waals surface area contributed by atoms with Crippen LogP contribution in [0.15, 0.2) is 18.2 Å². The molecule has 0 spiro atoms. The number of benzene rings is 1. The van der Waals surface area contributed by atoms with Crippen LogP contribution in [0.2, 0.25) is 0 Å². The van der Waals surface area contributed by atoms with E-state index in [1.165, 1.54) is 0 Å². The molecular formula is C11H16N2O3S. The van der Waals surface area contributed by atoms with Crippen molar-refractivity contribution in [2.24, 2.45) is 0 Å². The highest BCUT2D eigenvalue weighted by Gasteiger charge is 2.06. The van der Waals surface area contributed by atoms with Gasteiger partial charge in [0.2, 0.25) is 17.7 Å². The molecule has 1 rings (SSSR count). The average Bonchev–Trinajstić information content (AvgIpc) is 2.30. The Labute approximate surface area is 103 Å². The Kier molecular flexibility index (Phi) is 5.27. The summed E-state index contributed by atoms with van der Waals surface area (Å²) in [6.07, 6.45) is 0.795. The van der Waals surface area contributed by atoms with Gasteiger partial charge in [0.05, 0.1) is 0 Å². The minimum absolute atomic E-state index is 0.317. The van der Waals surface area contributed by atoms with Crippen molar-refractivity contribution in [1.29, 1.82) is 0 Å². The number of hydrogen-bond acceptors (Lipinski definition) is 2. The number of aryl methyl sites for hydroxylation is 1. The third-order valence-corrected chi connectivity index (χ3v) is 2.83. The Morgan fingerprint density at radius 1 is 1.53 bits per heavy atom. The minimum Gasteiger partial charge on any atom is -0.315 e. The molecule has 6 heteroatoms. The number of carbonyl (C=O) groups excluding carboxylic acids is 1. The molecule has 0 aliphatic rings. The van der Waals surface area contributed by atoms with Gasteiger partial charge in [-0.05, 0) is 31.0 Å². The van der Waals surface area contributed by atoms with Crippen LogP contribution in [0.5, 0.6) is 0 Å². The Balaban J connectivity index is 2.85. The second kappa shape index (κ2) is 6.48. The molecule has 0 saturated heterocycles. The third kappa shape index (κ3) is 3.92. The maximum Gasteiger partial charge on any atom is 0.232 e. The maximum absolute atomic E-state index is 10.8. The summed E-state index contributed by atoms with van der Waals surface area (Å²) >= 11 is -2.01. The van der Waals surface area contributed by atoms with E-state index in [1.54, 1.807) is 4.90 Å². The first-order valence-electron chi connectivity index (χ1n) is 5.24. The van der Waals surface area contributed by atoms with E-state index < -0.39 is 11.3 Å². The minimum atomic E-state index is -2.01. The molecule has 1 aromatic rings. The highest BCUT2D eigenvalue weighted by Crippen LogP contribution is 2.20. The fourth-order valence-electron chi connectivity index (χ4n) is 1.60. The molecule has 0 aliphatic carbocycles. The lowest BCUT2D eigenvalue weighted by atomic mass is 10.1. The smallest absolute Gasteiger partial charge is 0.232 e. The second-order valence-corrected chi connectivity index (χ2v) is 4.37. The number of rotatable bonds is 6. The van der Waals surface area contributed by atoms with E-state index in [-0.39, 0.29) is 0 Å². The normalized spacial score (nSPS) is 12.2. The lowest BCUT2D eigenvalue weighted by Gasteiger charge is -2.18. The Morgan fingerprint density at radius 2 is 2.24 bits per heavy atom. The first-order chi connectivity index (χ1) is 8.08. The molecule has 1 atom stereocenters. The summed E-state index contributed by atoms with van der Waals surface area (Å²) in [5, 5.41) is 0. The number of hydrogen-bond donors (Lipinski definition) is 2. The van der Waals surface area contributed by atoms with Gasteiger partial charge in [-0.3, -0.25) is 9.35 Å². The zero-order valence-corrected chi connectivity index (χ0v) is 10.7. The second-order valence-electron chi connectivity index (χ2n) is 3.58. The van der Waals surface area contributed by atoms with Crippen LogP contribution in [-0.2, 0) is 22.6 Å². The van der Waals surface area contributed by atoms with Crippen molar-refractivity contribution >= 4 is 23.4 Å². The standard InChI is InChI=1S/C11H16N2O3S/c1-3-13(8-14)11-5-4-10(6-9(11)2)7-12-17(15)16/h4-6,8,12H,3,7H2,1-2H3,(H,15,16). The first-order valence-corrected chi connectivity index (χ1v) is 6.35. The number of anilines is 1. The van der Waals surface area contributed by atoms with Gasteiger partial charge in [0.1, 0.15) is 0 Å². The molecule has 94 valence electrons. The van der Waals surface area contributed by atoms with E-state index in [1.807, 2.05) is 32.0 Å². The van der Waals surface area contributed by atoms with Gasteiger partial charge in [-0.2, -0.15) is 0 Å². The van der Waals surface area contributed by atoms with E-state index in [4.69, 9.17) is 4.55 Å². The summed E-state index contributed by atoms with van der Waals surface area (Å²) < 4.78 is 21.5. The molecule has 5 nitrogen and oxygen atoms in total. The monoisotopic (exact) mass is 256 g/mol. The predicted octanol–water partition coefficient (Wildman–Crippen LogP) is 1.20. The molecule has 0 heterocycles. The largest absolute Gasteiger partial charge is 0.315 e. The van der Waals surface area contributed by atoms with Crippen molar-refractivity contribution in [3.8, 4) is 0 Å². The van der Waals surface area contributed by atoms with Crippen LogP contribution >= 0.6 is 0 Å². The Bertz CT molecular complexity index is 423. The number of nitrogens with zero attached hydrogens (tertiary/aromatic N) is 1. The zero-order chi connectivity index (χ0) is 12.8. The fourth-order valence-corrected chi connectivity index (χ4v) is 1.89. The quantitative estimate of drug-likeness (QED) is 0.593. The van der Waals surface area contributed by atoms with Crippen LogP contribution < -0.4 is 9.62 Å². The van der Waals surface area contributed by atoms with Crippen molar-refractivity contribution in [2.75, 3.05) is 11.4 Å². The van der Waals surface area contributed by atoms with Crippen LogP contribution in [-0.4, -0.2) is 21.7 Å². The molecule has 1 amide bonds. The van der Waals surface area contributed by atoms with Gasteiger partial charge in [0.15, 0.2) is 0 Å². The molecule has 0 bridgehead atoms. The zero-order valence-electron chi connectivity index (χ0n) is 9.84. The summed E-state index contributed by atoms with van der Waals surface area (Å²) in [6.45, 7) is 4.74. The summed E-state index contributed by atoms with van der Waals surface area (Å²) in [6, 6.07) is 5.56. The van der Waals surface area contributed by atoms with Crippen molar-refractivity contribution in [1.82, 2.24) is 4.72 Å². The summed E-state index contributed by atoms with van der Waals surface area (Å²) in [4.78, 5) is 12.4. The van der Waals surface area contributed by atoms with Crippen LogP contribution in [0.4, 0.5) is 5.69 Å². The number of nitrogens with one attached hydrogen (secondary N) is 1.